The van der Waals surface area contributed by atoms with Gasteiger partial charge in [-0.1, -0.05) is 57.3 Å². The van der Waals surface area contributed by atoms with Gasteiger partial charge in [0.05, 0.1) is 5.57 Å². The molecule has 28 heavy (non-hydrogen) atoms. The number of benzene rings is 2. The van der Waals surface area contributed by atoms with Crippen molar-refractivity contribution >= 4 is 44.1 Å². The number of rotatable bonds is 6. The van der Waals surface area contributed by atoms with Crippen LogP contribution >= 0.6 is 15.9 Å². The van der Waals surface area contributed by atoms with E-state index in [1.165, 1.54) is 12.1 Å². The molecule has 148 valence electrons. The zero-order valence-electron chi connectivity index (χ0n) is 15.5. The van der Waals surface area contributed by atoms with E-state index >= 15 is 0 Å². The van der Waals surface area contributed by atoms with E-state index in [9.17, 15) is 17.9 Å². The molecular weight excluding hydrogens is 447 g/mol. The number of hydrogen-bond acceptors (Lipinski definition) is 4. The smallest absolute Gasteiger partial charge is 0.340 e. The van der Waals surface area contributed by atoms with E-state index in [-0.39, 0.29) is 11.6 Å². The Bertz CT molecular complexity index is 967. The second kappa shape index (κ2) is 8.27. The lowest BCUT2D eigenvalue weighted by molar-refractivity contribution is -0.141. The predicted molar refractivity (Wildman–Crippen MR) is 110 cm³/mol. The van der Waals surface area contributed by atoms with Crippen molar-refractivity contribution in [1.29, 1.82) is 0 Å². The molecule has 2 aromatic rings. The SMILES string of the molecule is CC1(C)OC(=O)C(c2ccc(F)cc2)=C1c1ccc(CS(=O)[O-])c(CCBr)c1. The summed E-state index contributed by atoms with van der Waals surface area (Å²) in [6, 6.07) is 11.2. The molecule has 7 heteroatoms. The molecule has 2 aromatic carbocycles. The van der Waals surface area contributed by atoms with Crippen molar-refractivity contribution in [2.45, 2.75) is 31.6 Å². The minimum atomic E-state index is -2.19. The van der Waals surface area contributed by atoms with Crippen molar-refractivity contribution in [3.63, 3.8) is 0 Å². The maximum Gasteiger partial charge on any atom is 0.340 e. The van der Waals surface area contributed by atoms with Crippen LogP contribution in [0.2, 0.25) is 0 Å². The number of ether oxygens (including phenoxy) is 1. The molecule has 0 saturated carbocycles. The Morgan fingerprint density at radius 2 is 1.75 bits per heavy atom. The van der Waals surface area contributed by atoms with Crippen molar-refractivity contribution in [3.8, 4) is 0 Å². The first-order valence-electron chi connectivity index (χ1n) is 8.71. The van der Waals surface area contributed by atoms with Crippen LogP contribution in [-0.2, 0) is 32.8 Å². The van der Waals surface area contributed by atoms with Crippen LogP contribution in [0.25, 0.3) is 11.1 Å². The number of halogens is 2. The highest BCUT2D eigenvalue weighted by atomic mass is 79.9. The van der Waals surface area contributed by atoms with Crippen LogP contribution in [-0.4, -0.2) is 25.7 Å². The highest BCUT2D eigenvalue weighted by Crippen LogP contribution is 2.44. The molecule has 3 rings (SSSR count). The van der Waals surface area contributed by atoms with Gasteiger partial charge in [-0.2, -0.15) is 0 Å². The van der Waals surface area contributed by atoms with E-state index in [0.29, 0.717) is 28.5 Å². The molecule has 1 heterocycles. The average molecular weight is 466 g/mol. The van der Waals surface area contributed by atoms with Gasteiger partial charge in [0.15, 0.2) is 0 Å². The Morgan fingerprint density at radius 1 is 1.11 bits per heavy atom. The maximum absolute atomic E-state index is 13.3. The number of alkyl halides is 1. The van der Waals surface area contributed by atoms with E-state index in [4.69, 9.17) is 4.74 Å². The van der Waals surface area contributed by atoms with Crippen molar-refractivity contribution in [3.05, 3.63) is 70.5 Å². The molecule has 1 atom stereocenters. The zero-order valence-corrected chi connectivity index (χ0v) is 17.9. The topological polar surface area (TPSA) is 66.4 Å². The standard InChI is InChI=1S/C21H20BrFO4S/c1-21(2)19(18(20(24)27-21)13-5-7-17(23)8-6-13)15-3-4-16(12-28(25)26)14(11-15)9-10-22/h3-8,11H,9-10,12H2,1-2H3,(H,25,26)/p-1. The molecule has 0 amide bonds. The lowest BCUT2D eigenvalue weighted by Gasteiger charge is -2.23. The van der Waals surface area contributed by atoms with Crippen LogP contribution in [0.4, 0.5) is 4.39 Å². The van der Waals surface area contributed by atoms with Crippen LogP contribution in [0.3, 0.4) is 0 Å². The summed E-state index contributed by atoms with van der Waals surface area (Å²) in [4.78, 5) is 12.6. The normalized spacial score (nSPS) is 17.0. The molecule has 0 fully saturated rings. The van der Waals surface area contributed by atoms with Gasteiger partial charge >= 0.3 is 5.97 Å². The second-order valence-electron chi connectivity index (χ2n) is 7.03. The molecule has 1 unspecified atom stereocenters. The molecule has 0 aromatic heterocycles. The van der Waals surface area contributed by atoms with Crippen molar-refractivity contribution < 1.29 is 22.7 Å². The lowest BCUT2D eigenvalue weighted by atomic mass is 9.85. The summed E-state index contributed by atoms with van der Waals surface area (Å²) >= 11 is 1.21. The Morgan fingerprint density at radius 3 is 2.36 bits per heavy atom. The molecule has 0 saturated heterocycles. The van der Waals surface area contributed by atoms with Crippen molar-refractivity contribution in [2.75, 3.05) is 5.33 Å². The van der Waals surface area contributed by atoms with Crippen molar-refractivity contribution in [2.24, 2.45) is 0 Å². The summed E-state index contributed by atoms with van der Waals surface area (Å²) in [5.41, 5.74) is 3.22. The van der Waals surface area contributed by atoms with Crippen LogP contribution in [0.1, 0.15) is 36.1 Å². The van der Waals surface area contributed by atoms with Gasteiger partial charge in [0.1, 0.15) is 11.4 Å². The monoisotopic (exact) mass is 465 g/mol. The number of carbonyl (C=O) groups is 1. The summed E-state index contributed by atoms with van der Waals surface area (Å²) < 4.78 is 41.3. The Balaban J connectivity index is 2.19. The van der Waals surface area contributed by atoms with Gasteiger partial charge in [0.2, 0.25) is 0 Å². The summed E-state index contributed by atoms with van der Waals surface area (Å²) in [6.07, 6.45) is 0.648. The third-order valence-corrected chi connectivity index (χ3v) is 5.61. The molecule has 0 spiro atoms. The molecule has 0 radical (unpaired) electrons. The van der Waals surface area contributed by atoms with E-state index < -0.39 is 22.7 Å². The highest BCUT2D eigenvalue weighted by Gasteiger charge is 2.41. The van der Waals surface area contributed by atoms with E-state index in [1.54, 1.807) is 18.2 Å². The number of carbonyl (C=O) groups excluding carboxylic acids is 1. The quantitative estimate of drug-likeness (QED) is 0.360. The third kappa shape index (κ3) is 4.26. The molecule has 0 bridgehead atoms. The number of esters is 1. The molecule has 1 aliphatic heterocycles. The number of hydrogen-bond donors (Lipinski definition) is 0. The average Bonchev–Trinajstić information content (AvgIpc) is 2.85. The van der Waals surface area contributed by atoms with Gasteiger partial charge in [-0.3, -0.25) is 4.21 Å². The summed E-state index contributed by atoms with van der Waals surface area (Å²) in [5, 5.41) is 0.678. The zero-order chi connectivity index (χ0) is 20.5. The first-order valence-corrected chi connectivity index (χ1v) is 11.1. The summed E-state index contributed by atoms with van der Waals surface area (Å²) in [6.45, 7) is 3.61. The van der Waals surface area contributed by atoms with Gasteiger partial charge in [-0.05, 0) is 54.7 Å². The minimum absolute atomic E-state index is 0.0642. The van der Waals surface area contributed by atoms with E-state index in [2.05, 4.69) is 15.9 Å². The maximum atomic E-state index is 13.3. The molecule has 0 N–H and O–H groups in total. The molecule has 1 aliphatic rings. The Hall–Kier alpha value is -1.83. The number of aryl methyl sites for hydroxylation is 1. The fraction of sp³-hybridized carbons (Fsp3) is 0.286. The fourth-order valence-corrected chi connectivity index (χ4v) is 4.45. The number of cyclic esters (lactones) is 1. The lowest BCUT2D eigenvalue weighted by Crippen LogP contribution is -2.22. The van der Waals surface area contributed by atoms with Crippen LogP contribution in [0.5, 0.6) is 0 Å². The van der Waals surface area contributed by atoms with E-state index in [0.717, 1.165) is 16.7 Å². The van der Waals surface area contributed by atoms with Crippen LogP contribution < -0.4 is 0 Å². The van der Waals surface area contributed by atoms with Gasteiger partial charge < -0.3 is 9.29 Å². The third-order valence-electron chi connectivity index (χ3n) is 4.67. The van der Waals surface area contributed by atoms with Gasteiger partial charge in [0, 0.05) is 16.7 Å². The minimum Gasteiger partial charge on any atom is -0.772 e. The van der Waals surface area contributed by atoms with Crippen LogP contribution in [0.15, 0.2) is 42.5 Å². The fourth-order valence-electron chi connectivity index (χ4n) is 3.49. The second-order valence-corrected chi connectivity index (χ2v) is 8.72. The Labute approximate surface area is 174 Å². The van der Waals surface area contributed by atoms with Crippen LogP contribution in [0, 0.1) is 5.82 Å². The first kappa shape index (κ1) is 20.9. The highest BCUT2D eigenvalue weighted by molar-refractivity contribution is 9.09. The summed E-state index contributed by atoms with van der Waals surface area (Å²) in [5.74, 6) is -0.907. The first-order chi connectivity index (χ1) is 13.2. The van der Waals surface area contributed by atoms with E-state index in [1.807, 2.05) is 26.0 Å². The Kier molecular flexibility index (Phi) is 6.17. The predicted octanol–water partition coefficient (Wildman–Crippen LogP) is 4.39. The van der Waals surface area contributed by atoms with Gasteiger partial charge in [-0.15, -0.1) is 0 Å². The van der Waals surface area contributed by atoms with Gasteiger partial charge in [-0.25, -0.2) is 9.18 Å². The van der Waals surface area contributed by atoms with Crippen molar-refractivity contribution in [1.82, 2.24) is 0 Å². The summed E-state index contributed by atoms with van der Waals surface area (Å²) in [7, 11) is 0. The molecule has 0 aliphatic carbocycles. The van der Waals surface area contributed by atoms with Gasteiger partial charge in [0.25, 0.3) is 0 Å². The largest absolute Gasteiger partial charge is 0.772 e. The molecule has 4 nitrogen and oxygen atoms in total. The molecular formula is C21H19BrFO4S-.